The van der Waals surface area contributed by atoms with Crippen LogP contribution in [0.25, 0.3) is 0 Å². The molecule has 106 valence electrons. The molecule has 4 atom stereocenters. The monoisotopic (exact) mass is 255 g/mol. The molecule has 1 heterocycles. The predicted octanol–water partition coefficient (Wildman–Crippen LogP) is 3.08. The number of piperidine rings is 1. The lowest BCUT2D eigenvalue weighted by Gasteiger charge is -2.44. The van der Waals surface area contributed by atoms with Gasteiger partial charge in [0, 0.05) is 12.6 Å². The lowest BCUT2D eigenvalue weighted by atomic mass is 9.84. The van der Waals surface area contributed by atoms with Gasteiger partial charge in [-0.05, 0) is 31.6 Å². The summed E-state index contributed by atoms with van der Waals surface area (Å²) in [6.45, 7) is 10.0. The van der Waals surface area contributed by atoms with Gasteiger partial charge in [-0.15, -0.1) is 0 Å². The molecule has 1 fully saturated rings. The highest BCUT2D eigenvalue weighted by molar-refractivity contribution is 5.75. The lowest BCUT2D eigenvalue weighted by molar-refractivity contribution is -0.150. The van der Waals surface area contributed by atoms with Crippen LogP contribution in [0.3, 0.4) is 0 Å². The largest absolute Gasteiger partial charge is 0.468 e. The summed E-state index contributed by atoms with van der Waals surface area (Å²) in [7, 11) is 1.50. The van der Waals surface area contributed by atoms with Crippen LogP contribution in [-0.2, 0) is 9.53 Å². The third-order valence-electron chi connectivity index (χ3n) is 4.35. The molecule has 0 aromatic heterocycles. The fraction of sp³-hybridized carbons (Fsp3) is 0.933. The van der Waals surface area contributed by atoms with Gasteiger partial charge in [-0.2, -0.15) is 0 Å². The lowest BCUT2D eigenvalue weighted by Crippen LogP contribution is -2.53. The summed E-state index contributed by atoms with van der Waals surface area (Å²) < 4.78 is 5.00. The minimum Gasteiger partial charge on any atom is -0.468 e. The van der Waals surface area contributed by atoms with Crippen LogP contribution in [0.15, 0.2) is 0 Å². The molecule has 3 nitrogen and oxygen atoms in total. The van der Waals surface area contributed by atoms with Gasteiger partial charge >= 0.3 is 5.97 Å². The first kappa shape index (κ1) is 15.5. The number of unbranched alkanes of at least 4 members (excludes halogenated alkanes) is 1. The molecule has 3 heteroatoms. The van der Waals surface area contributed by atoms with E-state index in [4.69, 9.17) is 4.74 Å². The van der Waals surface area contributed by atoms with Crippen molar-refractivity contribution in [1.82, 2.24) is 4.90 Å². The minimum absolute atomic E-state index is 0.0462. The van der Waals surface area contributed by atoms with Crippen LogP contribution in [0.4, 0.5) is 0 Å². The van der Waals surface area contributed by atoms with Crippen LogP contribution >= 0.6 is 0 Å². The second-order valence-electron chi connectivity index (χ2n) is 5.94. The van der Waals surface area contributed by atoms with E-state index in [0.29, 0.717) is 17.9 Å². The van der Waals surface area contributed by atoms with E-state index in [0.717, 1.165) is 25.8 Å². The molecule has 1 saturated heterocycles. The first-order valence-corrected chi connectivity index (χ1v) is 7.34. The first-order chi connectivity index (χ1) is 8.51. The average molecular weight is 255 g/mol. The molecule has 0 spiro atoms. The molecule has 0 radical (unpaired) electrons. The molecule has 0 aromatic rings. The second kappa shape index (κ2) is 7.13. The molecule has 4 unspecified atom stereocenters. The van der Waals surface area contributed by atoms with Crippen molar-refractivity contribution in [3.05, 3.63) is 0 Å². The Kier molecular flexibility index (Phi) is 6.13. The zero-order valence-corrected chi connectivity index (χ0v) is 12.6. The fourth-order valence-corrected chi connectivity index (χ4v) is 3.12. The SMILES string of the molecule is CCCCC(C(=O)OC)N1CC(C)CC(C)C1C. The number of nitrogens with zero attached hydrogens (tertiary/aromatic N) is 1. The van der Waals surface area contributed by atoms with Crippen LogP contribution in [0.5, 0.6) is 0 Å². The van der Waals surface area contributed by atoms with Crippen molar-refractivity contribution in [3.8, 4) is 0 Å². The Morgan fingerprint density at radius 3 is 2.61 bits per heavy atom. The normalized spacial score (nSPS) is 31.1. The molecule has 0 bridgehead atoms. The van der Waals surface area contributed by atoms with Gasteiger partial charge in [0.05, 0.1) is 7.11 Å². The van der Waals surface area contributed by atoms with Crippen molar-refractivity contribution >= 4 is 5.97 Å². The molecule has 18 heavy (non-hydrogen) atoms. The van der Waals surface area contributed by atoms with Crippen molar-refractivity contribution in [3.63, 3.8) is 0 Å². The number of likely N-dealkylation sites (tertiary alicyclic amines) is 1. The summed E-state index contributed by atoms with van der Waals surface area (Å²) in [6.07, 6.45) is 4.40. The number of esters is 1. The number of carbonyl (C=O) groups excluding carboxylic acids is 1. The van der Waals surface area contributed by atoms with Crippen molar-refractivity contribution in [1.29, 1.82) is 0 Å². The zero-order valence-electron chi connectivity index (χ0n) is 12.6. The number of rotatable bonds is 5. The molecular weight excluding hydrogens is 226 g/mol. The minimum atomic E-state index is -0.0587. The van der Waals surface area contributed by atoms with Gasteiger partial charge in [0.1, 0.15) is 6.04 Å². The average Bonchev–Trinajstić information content (AvgIpc) is 2.34. The molecular formula is C15H29NO2. The van der Waals surface area contributed by atoms with Crippen molar-refractivity contribution in [2.45, 2.75) is 65.5 Å². The Bertz CT molecular complexity index is 267. The van der Waals surface area contributed by atoms with E-state index in [2.05, 4.69) is 32.6 Å². The van der Waals surface area contributed by atoms with Gasteiger partial charge in [-0.1, -0.05) is 33.6 Å². The molecule has 0 amide bonds. The second-order valence-corrected chi connectivity index (χ2v) is 5.94. The Hall–Kier alpha value is -0.570. The molecule has 0 N–H and O–H groups in total. The van der Waals surface area contributed by atoms with Crippen molar-refractivity contribution in [2.75, 3.05) is 13.7 Å². The number of carbonyl (C=O) groups is 1. The maximum atomic E-state index is 12.0. The van der Waals surface area contributed by atoms with Gasteiger partial charge in [-0.3, -0.25) is 9.69 Å². The van der Waals surface area contributed by atoms with Gasteiger partial charge in [-0.25, -0.2) is 0 Å². The number of hydrogen-bond donors (Lipinski definition) is 0. The van der Waals surface area contributed by atoms with E-state index in [9.17, 15) is 4.79 Å². The number of ether oxygens (including phenoxy) is 1. The highest BCUT2D eigenvalue weighted by Crippen LogP contribution is 2.30. The third-order valence-corrected chi connectivity index (χ3v) is 4.35. The Balaban J connectivity index is 2.78. The number of hydrogen-bond acceptors (Lipinski definition) is 3. The molecule has 1 aliphatic heterocycles. The maximum Gasteiger partial charge on any atom is 0.323 e. The van der Waals surface area contributed by atoms with Gasteiger partial charge in [0.2, 0.25) is 0 Å². The highest BCUT2D eigenvalue weighted by Gasteiger charge is 2.36. The maximum absolute atomic E-state index is 12.0. The summed E-state index contributed by atoms with van der Waals surface area (Å²) >= 11 is 0. The van der Waals surface area contributed by atoms with E-state index in [-0.39, 0.29) is 12.0 Å². The Morgan fingerprint density at radius 1 is 1.39 bits per heavy atom. The Labute approximate surface area is 112 Å². The van der Waals surface area contributed by atoms with Crippen LogP contribution in [0.2, 0.25) is 0 Å². The van der Waals surface area contributed by atoms with E-state index in [1.165, 1.54) is 13.5 Å². The fourth-order valence-electron chi connectivity index (χ4n) is 3.12. The highest BCUT2D eigenvalue weighted by atomic mass is 16.5. The van der Waals surface area contributed by atoms with E-state index >= 15 is 0 Å². The third kappa shape index (κ3) is 3.71. The van der Waals surface area contributed by atoms with E-state index in [1.807, 2.05) is 0 Å². The molecule has 1 aliphatic rings. The number of methoxy groups -OCH3 is 1. The standard InChI is InChI=1S/C15H29NO2/c1-6-7-8-14(15(17)18-5)16-10-11(2)9-12(3)13(16)4/h11-14H,6-10H2,1-5H3. The summed E-state index contributed by atoms with van der Waals surface area (Å²) in [5.74, 6) is 1.27. The first-order valence-electron chi connectivity index (χ1n) is 7.34. The van der Waals surface area contributed by atoms with Crippen molar-refractivity contribution < 1.29 is 9.53 Å². The topological polar surface area (TPSA) is 29.5 Å². The van der Waals surface area contributed by atoms with Crippen LogP contribution in [0.1, 0.15) is 53.4 Å². The van der Waals surface area contributed by atoms with Crippen LogP contribution < -0.4 is 0 Å². The van der Waals surface area contributed by atoms with Gasteiger partial charge < -0.3 is 4.74 Å². The predicted molar refractivity (Wildman–Crippen MR) is 74.4 cm³/mol. The molecule has 0 saturated carbocycles. The van der Waals surface area contributed by atoms with E-state index < -0.39 is 0 Å². The van der Waals surface area contributed by atoms with Crippen molar-refractivity contribution in [2.24, 2.45) is 11.8 Å². The zero-order chi connectivity index (χ0) is 13.7. The molecule has 0 aliphatic carbocycles. The molecule has 1 rings (SSSR count). The van der Waals surface area contributed by atoms with E-state index in [1.54, 1.807) is 0 Å². The summed E-state index contributed by atoms with van der Waals surface area (Å²) in [4.78, 5) is 14.4. The van der Waals surface area contributed by atoms with Gasteiger partial charge in [0.15, 0.2) is 0 Å². The quantitative estimate of drug-likeness (QED) is 0.707. The molecule has 0 aromatic carbocycles. The summed E-state index contributed by atoms with van der Waals surface area (Å²) in [5, 5.41) is 0. The summed E-state index contributed by atoms with van der Waals surface area (Å²) in [6, 6.07) is 0.428. The van der Waals surface area contributed by atoms with Crippen LogP contribution in [0, 0.1) is 11.8 Å². The van der Waals surface area contributed by atoms with Gasteiger partial charge in [0.25, 0.3) is 0 Å². The van der Waals surface area contributed by atoms with Crippen LogP contribution in [-0.4, -0.2) is 36.6 Å². The Morgan fingerprint density at radius 2 is 2.06 bits per heavy atom. The smallest absolute Gasteiger partial charge is 0.323 e. The summed E-state index contributed by atoms with van der Waals surface area (Å²) in [5.41, 5.74) is 0.